The Kier molecular flexibility index (Phi) is 10.4. The van der Waals surface area contributed by atoms with Crippen molar-refractivity contribution >= 4 is 26.0 Å². The first-order chi connectivity index (χ1) is 14.1. The molecule has 0 radical (unpaired) electrons. The van der Waals surface area contributed by atoms with Gasteiger partial charge in [0.25, 0.3) is 0 Å². The molecule has 1 aromatic carbocycles. The highest BCUT2D eigenvalue weighted by Crippen LogP contribution is 2.31. The zero-order valence-electron chi connectivity index (χ0n) is 18.5. The predicted octanol–water partition coefficient (Wildman–Crippen LogP) is 3.09. The van der Waals surface area contributed by atoms with Crippen molar-refractivity contribution in [2.45, 2.75) is 63.2 Å². The molecule has 30 heavy (non-hydrogen) atoms. The van der Waals surface area contributed by atoms with E-state index in [0.29, 0.717) is 25.7 Å². The molecule has 0 N–H and O–H groups in total. The third kappa shape index (κ3) is 5.81. The number of hydrogen-bond donors (Lipinski definition) is 0. The molecule has 10 heteroatoms. The number of ether oxygens (including phenoxy) is 1. The van der Waals surface area contributed by atoms with Crippen LogP contribution in [0.15, 0.2) is 28.0 Å². The monoisotopic (exact) mass is 462 g/mol. The highest BCUT2D eigenvalue weighted by molar-refractivity contribution is 7.92. The molecule has 0 unspecified atom stereocenters. The fraction of sp³-hybridized carbons (Fsp3) is 0.650. The van der Waals surface area contributed by atoms with Gasteiger partial charge in [0.15, 0.2) is 0 Å². The molecule has 172 valence electrons. The highest BCUT2D eigenvalue weighted by atomic mass is 32.2. The van der Waals surface area contributed by atoms with E-state index in [1.165, 1.54) is 26.8 Å². The smallest absolute Gasteiger partial charge is 0.339 e. The average molecular weight is 463 g/mol. The van der Waals surface area contributed by atoms with Crippen LogP contribution in [0.5, 0.6) is 0 Å². The van der Waals surface area contributed by atoms with Crippen LogP contribution in [-0.4, -0.2) is 64.7 Å². The van der Waals surface area contributed by atoms with E-state index in [4.69, 9.17) is 4.74 Å². The second-order valence-corrected chi connectivity index (χ2v) is 10.7. The summed E-state index contributed by atoms with van der Waals surface area (Å²) in [4.78, 5) is 11.5. The third-order valence-electron chi connectivity index (χ3n) is 4.49. The Morgan fingerprint density at radius 2 is 1.23 bits per heavy atom. The van der Waals surface area contributed by atoms with Crippen LogP contribution in [0.3, 0.4) is 0 Å². The Hall–Kier alpha value is -1.49. The van der Waals surface area contributed by atoms with Crippen LogP contribution < -0.4 is 0 Å². The van der Waals surface area contributed by atoms with Crippen molar-refractivity contribution in [3.8, 4) is 0 Å². The molecule has 0 amide bonds. The molecule has 0 spiro atoms. The molecule has 0 heterocycles. The van der Waals surface area contributed by atoms with E-state index in [1.807, 2.05) is 27.7 Å². The van der Waals surface area contributed by atoms with E-state index in [2.05, 4.69) is 0 Å². The maximum absolute atomic E-state index is 13.6. The van der Waals surface area contributed by atoms with Gasteiger partial charge in [0.1, 0.15) is 9.79 Å². The van der Waals surface area contributed by atoms with Crippen molar-refractivity contribution < 1.29 is 26.4 Å². The summed E-state index contributed by atoms with van der Waals surface area (Å²) in [6, 6.07) is 3.92. The summed E-state index contributed by atoms with van der Waals surface area (Å²) in [5.41, 5.74) is -0.274. The molecule has 0 aliphatic rings. The number of hydrogen-bond acceptors (Lipinski definition) is 6. The Morgan fingerprint density at radius 3 is 1.63 bits per heavy atom. The van der Waals surface area contributed by atoms with Gasteiger partial charge in [-0.15, -0.1) is 0 Å². The summed E-state index contributed by atoms with van der Waals surface area (Å²) in [6.45, 7) is 8.34. The van der Waals surface area contributed by atoms with Crippen molar-refractivity contribution in [3.05, 3.63) is 23.8 Å². The maximum atomic E-state index is 13.6. The lowest BCUT2D eigenvalue weighted by Crippen LogP contribution is -2.37. The van der Waals surface area contributed by atoms with E-state index in [-0.39, 0.29) is 36.6 Å². The summed E-state index contributed by atoms with van der Waals surface area (Å²) in [5.74, 6) is -0.892. The normalized spacial score (nSPS) is 12.5. The molecule has 0 atom stereocenters. The van der Waals surface area contributed by atoms with Crippen LogP contribution in [0.1, 0.15) is 63.7 Å². The summed E-state index contributed by atoms with van der Waals surface area (Å²) in [6.07, 6.45) is 2.27. The van der Waals surface area contributed by atoms with E-state index >= 15 is 0 Å². The lowest BCUT2D eigenvalue weighted by molar-refractivity contribution is 0.0595. The highest BCUT2D eigenvalue weighted by Gasteiger charge is 2.37. The predicted molar refractivity (Wildman–Crippen MR) is 116 cm³/mol. The summed E-state index contributed by atoms with van der Waals surface area (Å²) in [7, 11) is -7.27. The molecule has 0 bridgehead atoms. The number of rotatable bonds is 13. The number of esters is 1. The molecule has 8 nitrogen and oxygen atoms in total. The minimum absolute atomic E-state index is 0.221. The molecule has 0 saturated carbocycles. The van der Waals surface area contributed by atoms with Crippen LogP contribution in [0.4, 0.5) is 0 Å². The largest absolute Gasteiger partial charge is 0.465 e. The number of carbonyl (C=O) groups is 1. The van der Waals surface area contributed by atoms with E-state index in [9.17, 15) is 21.6 Å². The number of nitrogens with zero attached hydrogens (tertiary/aromatic N) is 2. The van der Waals surface area contributed by atoms with E-state index < -0.39 is 30.9 Å². The SMILES string of the molecule is CCCN(CCC)S(=O)(=O)c1cccc(C(=O)OC)c1S(=O)(=O)N(CCC)CCC. The van der Waals surface area contributed by atoms with Gasteiger partial charge in [0.05, 0.1) is 12.7 Å². The van der Waals surface area contributed by atoms with Gasteiger partial charge in [0.2, 0.25) is 20.0 Å². The lowest BCUT2D eigenvalue weighted by Gasteiger charge is -2.26. The Bertz CT molecular complexity index is 901. The van der Waals surface area contributed by atoms with Gasteiger partial charge in [-0.05, 0) is 37.8 Å². The fourth-order valence-corrected chi connectivity index (χ4v) is 7.43. The second-order valence-electron chi connectivity index (χ2n) is 6.93. The molecule has 1 aromatic rings. The molecule has 0 aromatic heterocycles. The molecule has 0 fully saturated rings. The van der Waals surface area contributed by atoms with Gasteiger partial charge in [0, 0.05) is 26.2 Å². The molecule has 1 rings (SSSR count). The minimum atomic E-state index is -4.26. The van der Waals surface area contributed by atoms with Crippen LogP contribution >= 0.6 is 0 Å². The average Bonchev–Trinajstić information content (AvgIpc) is 2.72. The number of sulfonamides is 2. The van der Waals surface area contributed by atoms with Crippen LogP contribution in [0.25, 0.3) is 0 Å². The van der Waals surface area contributed by atoms with Crippen LogP contribution in [-0.2, 0) is 24.8 Å². The molecule has 0 aliphatic carbocycles. The number of methoxy groups -OCH3 is 1. The first-order valence-electron chi connectivity index (χ1n) is 10.3. The van der Waals surface area contributed by atoms with Crippen molar-refractivity contribution in [1.29, 1.82) is 0 Å². The Balaban J connectivity index is 3.89. The summed E-state index contributed by atoms with van der Waals surface area (Å²) >= 11 is 0. The van der Waals surface area contributed by atoms with Gasteiger partial charge in [-0.3, -0.25) is 0 Å². The van der Waals surface area contributed by atoms with Gasteiger partial charge in [-0.2, -0.15) is 8.61 Å². The molecule has 0 aliphatic heterocycles. The minimum Gasteiger partial charge on any atom is -0.465 e. The Morgan fingerprint density at radius 1 is 0.800 bits per heavy atom. The summed E-state index contributed by atoms with van der Waals surface area (Å²) < 4.78 is 61.4. The van der Waals surface area contributed by atoms with Crippen LogP contribution in [0, 0.1) is 0 Å². The van der Waals surface area contributed by atoms with Gasteiger partial charge in [-0.1, -0.05) is 33.8 Å². The topological polar surface area (TPSA) is 101 Å². The quantitative estimate of drug-likeness (QED) is 0.418. The van der Waals surface area contributed by atoms with Gasteiger partial charge < -0.3 is 4.74 Å². The molecular weight excluding hydrogens is 428 g/mol. The second kappa shape index (κ2) is 11.8. The molecular formula is C20H34N2O6S2. The van der Waals surface area contributed by atoms with Crippen LogP contribution in [0.2, 0.25) is 0 Å². The summed E-state index contributed by atoms with van der Waals surface area (Å²) in [5, 5.41) is 0. The standard InChI is InChI=1S/C20H34N2O6S2/c1-6-13-21(14-7-2)29(24,25)18-12-10-11-17(20(23)28-5)19(18)30(26,27)22(15-8-3)16-9-4/h10-12H,6-9,13-16H2,1-5H3. The third-order valence-corrected chi connectivity index (χ3v) is 8.56. The first-order valence-corrected chi connectivity index (χ1v) is 13.2. The van der Waals surface area contributed by atoms with E-state index in [0.717, 1.165) is 7.11 Å². The fourth-order valence-electron chi connectivity index (χ4n) is 3.23. The van der Waals surface area contributed by atoms with Gasteiger partial charge >= 0.3 is 5.97 Å². The zero-order valence-corrected chi connectivity index (χ0v) is 20.2. The Labute approximate surface area is 181 Å². The van der Waals surface area contributed by atoms with Crippen molar-refractivity contribution in [2.24, 2.45) is 0 Å². The van der Waals surface area contributed by atoms with Crippen molar-refractivity contribution in [1.82, 2.24) is 8.61 Å². The number of benzene rings is 1. The lowest BCUT2D eigenvalue weighted by atomic mass is 10.2. The van der Waals surface area contributed by atoms with Crippen molar-refractivity contribution in [3.63, 3.8) is 0 Å². The maximum Gasteiger partial charge on any atom is 0.339 e. The van der Waals surface area contributed by atoms with Gasteiger partial charge in [-0.25, -0.2) is 21.6 Å². The number of carbonyl (C=O) groups excluding carboxylic acids is 1. The molecule has 0 saturated heterocycles. The van der Waals surface area contributed by atoms with E-state index in [1.54, 1.807) is 0 Å². The van der Waals surface area contributed by atoms with Crippen molar-refractivity contribution in [2.75, 3.05) is 33.3 Å². The first kappa shape index (κ1) is 26.5. The zero-order chi connectivity index (χ0) is 22.9.